The first kappa shape index (κ1) is 19.8. The van der Waals surface area contributed by atoms with Crippen molar-refractivity contribution >= 4 is 6.16 Å². The van der Waals surface area contributed by atoms with E-state index in [0.29, 0.717) is 26.1 Å². The highest BCUT2D eigenvalue weighted by atomic mass is 16.7. The van der Waals surface area contributed by atoms with Gasteiger partial charge in [-0.2, -0.15) is 0 Å². The van der Waals surface area contributed by atoms with Crippen LogP contribution in [0.25, 0.3) is 0 Å². The lowest BCUT2D eigenvalue weighted by Crippen LogP contribution is -2.18. The van der Waals surface area contributed by atoms with Gasteiger partial charge in [-0.3, -0.25) is 0 Å². The molecule has 5 heteroatoms. The smallest absolute Gasteiger partial charge is 0.497 e. The van der Waals surface area contributed by atoms with Crippen LogP contribution in [0.2, 0.25) is 0 Å². The summed E-state index contributed by atoms with van der Waals surface area (Å²) in [5.41, 5.74) is 2.19. The third-order valence-corrected chi connectivity index (χ3v) is 3.85. The third kappa shape index (κ3) is 7.57. The molecule has 0 bridgehead atoms. The summed E-state index contributed by atoms with van der Waals surface area (Å²) in [6.45, 7) is 3.19. The first-order valence-electron chi connectivity index (χ1n) is 8.75. The number of methoxy groups -OCH3 is 1. The molecule has 5 nitrogen and oxygen atoms in total. The molecule has 0 amide bonds. The zero-order valence-electron chi connectivity index (χ0n) is 15.4. The molecule has 2 aromatic rings. The Labute approximate surface area is 154 Å². The van der Waals surface area contributed by atoms with Crippen LogP contribution in [0.1, 0.15) is 24.5 Å². The van der Waals surface area contributed by atoms with Crippen LogP contribution in [0.15, 0.2) is 54.6 Å². The molecule has 0 aliphatic heterocycles. The summed E-state index contributed by atoms with van der Waals surface area (Å²) in [6, 6.07) is 17.6. The summed E-state index contributed by atoms with van der Waals surface area (Å²) in [4.78, 5) is 11.7. The summed E-state index contributed by atoms with van der Waals surface area (Å²) in [5, 5.41) is 0. The SMILES string of the molecule is COc1ccc(CCOC(=O)OC(C)CCOCc2ccccc2)cc1. The van der Waals surface area contributed by atoms with E-state index in [1.54, 1.807) is 7.11 Å². The van der Waals surface area contributed by atoms with Crippen LogP contribution in [0.4, 0.5) is 4.79 Å². The Kier molecular flexibility index (Phi) is 8.49. The molecule has 1 atom stereocenters. The molecule has 2 aromatic carbocycles. The molecule has 140 valence electrons. The average molecular weight is 358 g/mol. The second-order valence-corrected chi connectivity index (χ2v) is 5.95. The zero-order valence-corrected chi connectivity index (χ0v) is 15.4. The molecule has 0 saturated heterocycles. The van der Waals surface area contributed by atoms with Gasteiger partial charge in [0.05, 0.1) is 26.9 Å². The van der Waals surface area contributed by atoms with Crippen LogP contribution in [0.5, 0.6) is 5.75 Å². The molecule has 0 fully saturated rings. The molecule has 0 N–H and O–H groups in total. The second-order valence-electron chi connectivity index (χ2n) is 5.95. The van der Waals surface area contributed by atoms with Gasteiger partial charge in [-0.25, -0.2) is 4.79 Å². The van der Waals surface area contributed by atoms with E-state index in [-0.39, 0.29) is 12.7 Å². The summed E-state index contributed by atoms with van der Waals surface area (Å²) in [5.74, 6) is 0.803. The van der Waals surface area contributed by atoms with Crippen LogP contribution in [0, 0.1) is 0 Å². The van der Waals surface area contributed by atoms with Crippen molar-refractivity contribution in [3.63, 3.8) is 0 Å². The Morgan fingerprint density at radius 1 is 0.962 bits per heavy atom. The Bertz CT molecular complexity index is 639. The molecule has 0 spiro atoms. The molecule has 1 unspecified atom stereocenters. The van der Waals surface area contributed by atoms with Crippen molar-refractivity contribution in [3.05, 3.63) is 65.7 Å². The Morgan fingerprint density at radius 3 is 2.38 bits per heavy atom. The highest BCUT2D eigenvalue weighted by Crippen LogP contribution is 2.12. The monoisotopic (exact) mass is 358 g/mol. The largest absolute Gasteiger partial charge is 0.508 e. The lowest BCUT2D eigenvalue weighted by molar-refractivity contribution is 0.0139. The summed E-state index contributed by atoms with van der Waals surface area (Å²) in [6.07, 6.45) is 0.363. The van der Waals surface area contributed by atoms with Crippen LogP contribution >= 0.6 is 0 Å². The van der Waals surface area contributed by atoms with Gasteiger partial charge in [-0.15, -0.1) is 0 Å². The van der Waals surface area contributed by atoms with Gasteiger partial charge in [0.15, 0.2) is 0 Å². The van der Waals surface area contributed by atoms with Crippen LogP contribution < -0.4 is 4.74 Å². The van der Waals surface area contributed by atoms with Crippen molar-refractivity contribution in [1.29, 1.82) is 0 Å². The van der Waals surface area contributed by atoms with Gasteiger partial charge in [0.1, 0.15) is 11.9 Å². The number of carbonyl (C=O) groups excluding carboxylic acids is 1. The zero-order chi connectivity index (χ0) is 18.6. The molecule has 2 rings (SSSR count). The van der Waals surface area contributed by atoms with E-state index in [9.17, 15) is 4.79 Å². The van der Waals surface area contributed by atoms with Gasteiger partial charge in [0.25, 0.3) is 0 Å². The maximum atomic E-state index is 11.7. The lowest BCUT2D eigenvalue weighted by Gasteiger charge is -2.13. The highest BCUT2D eigenvalue weighted by Gasteiger charge is 2.10. The topological polar surface area (TPSA) is 54.0 Å². The molecule has 0 heterocycles. The van der Waals surface area contributed by atoms with Crippen molar-refractivity contribution in [2.24, 2.45) is 0 Å². The van der Waals surface area contributed by atoms with E-state index in [4.69, 9.17) is 18.9 Å². The van der Waals surface area contributed by atoms with Gasteiger partial charge in [0, 0.05) is 12.8 Å². The molecule has 0 saturated carbocycles. The predicted octanol–water partition coefficient (Wildman–Crippen LogP) is 4.39. The minimum absolute atomic E-state index is 0.251. The number of ether oxygens (including phenoxy) is 4. The summed E-state index contributed by atoms with van der Waals surface area (Å²) >= 11 is 0. The Balaban J connectivity index is 1.55. The summed E-state index contributed by atoms with van der Waals surface area (Å²) in [7, 11) is 1.63. The molecule has 0 aromatic heterocycles. The van der Waals surface area contributed by atoms with Crippen molar-refractivity contribution in [2.75, 3.05) is 20.3 Å². The van der Waals surface area contributed by atoms with E-state index in [1.165, 1.54) is 0 Å². The van der Waals surface area contributed by atoms with E-state index < -0.39 is 6.16 Å². The normalized spacial score (nSPS) is 11.6. The van der Waals surface area contributed by atoms with Crippen molar-refractivity contribution < 1.29 is 23.7 Å². The van der Waals surface area contributed by atoms with E-state index in [1.807, 2.05) is 61.5 Å². The fraction of sp³-hybridized carbons (Fsp3) is 0.381. The van der Waals surface area contributed by atoms with Gasteiger partial charge in [-0.1, -0.05) is 42.5 Å². The number of hydrogen-bond donors (Lipinski definition) is 0. The fourth-order valence-electron chi connectivity index (χ4n) is 2.32. The maximum Gasteiger partial charge on any atom is 0.508 e. The van der Waals surface area contributed by atoms with Gasteiger partial charge < -0.3 is 18.9 Å². The Morgan fingerprint density at radius 2 is 1.69 bits per heavy atom. The minimum Gasteiger partial charge on any atom is -0.497 e. The van der Waals surface area contributed by atoms with Crippen molar-refractivity contribution in [2.45, 2.75) is 32.5 Å². The number of hydrogen-bond acceptors (Lipinski definition) is 5. The quantitative estimate of drug-likeness (QED) is 0.466. The van der Waals surface area contributed by atoms with E-state index in [2.05, 4.69) is 0 Å². The standard InChI is InChI=1S/C21H26O5/c1-17(12-14-24-16-19-6-4-3-5-7-19)26-21(22)25-15-13-18-8-10-20(23-2)11-9-18/h3-11,17H,12-16H2,1-2H3. The first-order chi connectivity index (χ1) is 12.7. The van der Waals surface area contributed by atoms with Crippen LogP contribution in [0.3, 0.4) is 0 Å². The molecular formula is C21H26O5. The lowest BCUT2D eigenvalue weighted by atomic mass is 10.1. The number of rotatable bonds is 10. The van der Waals surface area contributed by atoms with Crippen LogP contribution in [-0.2, 0) is 27.2 Å². The average Bonchev–Trinajstić information content (AvgIpc) is 2.66. The third-order valence-electron chi connectivity index (χ3n) is 3.85. The summed E-state index contributed by atoms with van der Waals surface area (Å²) < 4.78 is 21.0. The maximum absolute atomic E-state index is 11.7. The first-order valence-corrected chi connectivity index (χ1v) is 8.75. The predicted molar refractivity (Wildman–Crippen MR) is 99.3 cm³/mol. The van der Waals surface area contributed by atoms with E-state index in [0.717, 1.165) is 16.9 Å². The van der Waals surface area contributed by atoms with Gasteiger partial charge in [0.2, 0.25) is 0 Å². The van der Waals surface area contributed by atoms with Gasteiger partial charge in [-0.05, 0) is 30.2 Å². The fourth-order valence-corrected chi connectivity index (χ4v) is 2.32. The van der Waals surface area contributed by atoms with Crippen LogP contribution in [-0.4, -0.2) is 32.6 Å². The molecule has 0 radical (unpaired) electrons. The highest BCUT2D eigenvalue weighted by molar-refractivity contribution is 5.60. The van der Waals surface area contributed by atoms with E-state index >= 15 is 0 Å². The number of carbonyl (C=O) groups is 1. The molecular weight excluding hydrogens is 332 g/mol. The molecule has 26 heavy (non-hydrogen) atoms. The molecule has 0 aliphatic carbocycles. The second kappa shape index (κ2) is 11.2. The molecule has 0 aliphatic rings. The van der Waals surface area contributed by atoms with Crippen molar-refractivity contribution in [3.8, 4) is 5.75 Å². The minimum atomic E-state index is -0.644. The van der Waals surface area contributed by atoms with Crippen molar-refractivity contribution in [1.82, 2.24) is 0 Å². The van der Waals surface area contributed by atoms with Gasteiger partial charge >= 0.3 is 6.16 Å². The Hall–Kier alpha value is -2.53. The number of benzene rings is 2.